The van der Waals surface area contributed by atoms with Crippen molar-refractivity contribution in [3.8, 4) is 0 Å². The maximum Gasteiger partial charge on any atom is 0.0415 e. The van der Waals surface area contributed by atoms with Gasteiger partial charge in [0.2, 0.25) is 0 Å². The molecular weight excluding hydrogens is 256 g/mol. The lowest BCUT2D eigenvalue weighted by Crippen LogP contribution is -2.34. The molecular formula is C19H30N2. The standard InChI is InChI=1S/C19H30N2/c1-7-19(21-15(4)5)12-17-8-10-18(11-9-17)16(6)20-13-14(2)3/h7-11,14-15,19,21H,1,12-13H2,2-6H3/b20-16-. The summed E-state index contributed by atoms with van der Waals surface area (Å²) in [5.74, 6) is 0.606. The first-order chi connectivity index (χ1) is 9.92. The Labute approximate surface area is 130 Å². The monoisotopic (exact) mass is 286 g/mol. The molecule has 1 aromatic rings. The minimum absolute atomic E-state index is 0.326. The summed E-state index contributed by atoms with van der Waals surface area (Å²) in [6.07, 6.45) is 2.97. The van der Waals surface area contributed by atoms with Gasteiger partial charge in [-0.25, -0.2) is 0 Å². The van der Waals surface area contributed by atoms with Crippen molar-refractivity contribution in [1.82, 2.24) is 5.32 Å². The Morgan fingerprint density at radius 2 is 1.81 bits per heavy atom. The van der Waals surface area contributed by atoms with Crippen LogP contribution in [0.25, 0.3) is 0 Å². The Kier molecular flexibility index (Phi) is 7.38. The van der Waals surface area contributed by atoms with Crippen LogP contribution in [0.3, 0.4) is 0 Å². The highest BCUT2D eigenvalue weighted by Crippen LogP contribution is 2.10. The highest BCUT2D eigenvalue weighted by Gasteiger charge is 2.07. The van der Waals surface area contributed by atoms with Crippen molar-refractivity contribution in [3.05, 3.63) is 48.0 Å². The lowest BCUT2D eigenvalue weighted by atomic mass is 10.0. The first-order valence-corrected chi connectivity index (χ1v) is 7.91. The van der Waals surface area contributed by atoms with E-state index in [1.54, 1.807) is 0 Å². The predicted molar refractivity (Wildman–Crippen MR) is 94.3 cm³/mol. The van der Waals surface area contributed by atoms with E-state index in [1.165, 1.54) is 11.1 Å². The molecule has 1 N–H and O–H groups in total. The molecule has 0 spiro atoms. The third-order valence-electron chi connectivity index (χ3n) is 3.35. The summed E-state index contributed by atoms with van der Waals surface area (Å²) in [6.45, 7) is 15.6. The fourth-order valence-electron chi connectivity index (χ4n) is 2.19. The van der Waals surface area contributed by atoms with Crippen LogP contribution in [0.4, 0.5) is 0 Å². The van der Waals surface area contributed by atoms with E-state index in [-0.39, 0.29) is 0 Å². The van der Waals surface area contributed by atoms with Crippen LogP contribution in [-0.4, -0.2) is 24.3 Å². The summed E-state index contributed by atoms with van der Waals surface area (Å²) < 4.78 is 0. The van der Waals surface area contributed by atoms with E-state index >= 15 is 0 Å². The normalized spacial score (nSPS) is 13.8. The fraction of sp³-hybridized carbons (Fsp3) is 0.526. The molecule has 0 bridgehead atoms. The molecule has 1 aromatic carbocycles. The number of benzene rings is 1. The predicted octanol–water partition coefficient (Wildman–Crippen LogP) is 4.25. The smallest absolute Gasteiger partial charge is 0.0415 e. The van der Waals surface area contributed by atoms with Crippen LogP contribution in [0.5, 0.6) is 0 Å². The van der Waals surface area contributed by atoms with E-state index in [9.17, 15) is 0 Å². The average molecular weight is 286 g/mol. The summed E-state index contributed by atoms with van der Waals surface area (Å²) in [5.41, 5.74) is 3.66. The molecule has 0 aromatic heterocycles. The molecule has 0 saturated carbocycles. The van der Waals surface area contributed by atoms with Gasteiger partial charge in [-0.15, -0.1) is 6.58 Å². The van der Waals surface area contributed by atoms with Gasteiger partial charge in [0, 0.05) is 24.3 Å². The first kappa shape index (κ1) is 17.6. The van der Waals surface area contributed by atoms with Crippen molar-refractivity contribution in [1.29, 1.82) is 0 Å². The minimum Gasteiger partial charge on any atom is -0.308 e. The van der Waals surface area contributed by atoms with Crippen LogP contribution >= 0.6 is 0 Å². The molecule has 0 amide bonds. The van der Waals surface area contributed by atoms with Gasteiger partial charge < -0.3 is 5.32 Å². The Balaban J connectivity index is 2.69. The van der Waals surface area contributed by atoms with Crippen LogP contribution in [0.15, 0.2) is 41.9 Å². The molecule has 0 radical (unpaired) electrons. The van der Waals surface area contributed by atoms with E-state index in [1.807, 2.05) is 6.08 Å². The zero-order valence-corrected chi connectivity index (χ0v) is 14.2. The second-order valence-electron chi connectivity index (χ2n) is 6.38. The number of hydrogen-bond donors (Lipinski definition) is 1. The number of rotatable bonds is 8. The quantitative estimate of drug-likeness (QED) is 0.561. The fourth-order valence-corrected chi connectivity index (χ4v) is 2.19. The number of hydrogen-bond acceptors (Lipinski definition) is 2. The van der Waals surface area contributed by atoms with E-state index in [0.717, 1.165) is 18.7 Å². The molecule has 2 heteroatoms. The molecule has 1 unspecified atom stereocenters. The van der Waals surface area contributed by atoms with Crippen molar-refractivity contribution in [2.45, 2.75) is 53.1 Å². The molecule has 1 atom stereocenters. The van der Waals surface area contributed by atoms with Crippen molar-refractivity contribution < 1.29 is 0 Å². The largest absolute Gasteiger partial charge is 0.308 e. The SMILES string of the molecule is C=CC(Cc1ccc(/C(C)=N\CC(C)C)cc1)NC(C)C. The topological polar surface area (TPSA) is 24.4 Å². The van der Waals surface area contributed by atoms with Gasteiger partial charge in [0.05, 0.1) is 0 Å². The van der Waals surface area contributed by atoms with E-state index < -0.39 is 0 Å². The molecule has 1 rings (SSSR count). The van der Waals surface area contributed by atoms with Gasteiger partial charge >= 0.3 is 0 Å². The van der Waals surface area contributed by atoms with Crippen LogP contribution in [0, 0.1) is 5.92 Å². The van der Waals surface area contributed by atoms with Crippen LogP contribution < -0.4 is 5.32 Å². The van der Waals surface area contributed by atoms with Gasteiger partial charge in [-0.1, -0.05) is 58.0 Å². The van der Waals surface area contributed by atoms with Crippen molar-refractivity contribution in [3.63, 3.8) is 0 Å². The number of nitrogens with one attached hydrogen (secondary N) is 1. The molecule has 0 heterocycles. The summed E-state index contributed by atoms with van der Waals surface area (Å²) in [7, 11) is 0. The second kappa shape index (κ2) is 8.78. The zero-order chi connectivity index (χ0) is 15.8. The Bertz CT molecular complexity index is 455. The van der Waals surface area contributed by atoms with Crippen LogP contribution in [0.2, 0.25) is 0 Å². The van der Waals surface area contributed by atoms with Crippen LogP contribution in [0.1, 0.15) is 45.7 Å². The highest BCUT2D eigenvalue weighted by molar-refractivity contribution is 5.98. The van der Waals surface area contributed by atoms with Crippen LogP contribution in [-0.2, 0) is 6.42 Å². The molecule has 0 saturated heterocycles. The van der Waals surface area contributed by atoms with Gasteiger partial charge in [0.25, 0.3) is 0 Å². The van der Waals surface area contributed by atoms with Gasteiger partial charge in [-0.2, -0.15) is 0 Å². The first-order valence-electron chi connectivity index (χ1n) is 7.91. The maximum atomic E-state index is 4.63. The second-order valence-corrected chi connectivity index (χ2v) is 6.38. The third kappa shape index (κ3) is 6.72. The summed E-state index contributed by atoms with van der Waals surface area (Å²) in [5, 5.41) is 3.51. The lowest BCUT2D eigenvalue weighted by molar-refractivity contribution is 0.521. The highest BCUT2D eigenvalue weighted by atomic mass is 14.9. The van der Waals surface area contributed by atoms with Gasteiger partial charge in [0.15, 0.2) is 0 Å². The molecule has 0 fully saturated rings. The summed E-state index contributed by atoms with van der Waals surface area (Å²) >= 11 is 0. The number of nitrogens with zero attached hydrogens (tertiary/aromatic N) is 1. The molecule has 0 aliphatic heterocycles. The molecule has 2 nitrogen and oxygen atoms in total. The van der Waals surface area contributed by atoms with E-state index in [4.69, 9.17) is 0 Å². The van der Waals surface area contributed by atoms with Crippen molar-refractivity contribution in [2.75, 3.05) is 6.54 Å². The Morgan fingerprint density at radius 3 is 2.29 bits per heavy atom. The van der Waals surface area contributed by atoms with Crippen molar-refractivity contribution >= 4 is 5.71 Å². The maximum absolute atomic E-state index is 4.63. The Morgan fingerprint density at radius 1 is 1.19 bits per heavy atom. The van der Waals surface area contributed by atoms with Gasteiger partial charge in [-0.3, -0.25) is 4.99 Å². The molecule has 116 valence electrons. The Hall–Kier alpha value is -1.41. The summed E-state index contributed by atoms with van der Waals surface area (Å²) in [6, 6.07) is 9.53. The zero-order valence-electron chi connectivity index (χ0n) is 14.2. The van der Waals surface area contributed by atoms with E-state index in [2.05, 4.69) is 75.8 Å². The van der Waals surface area contributed by atoms with Gasteiger partial charge in [0.1, 0.15) is 0 Å². The molecule has 0 aliphatic rings. The summed E-state index contributed by atoms with van der Waals surface area (Å²) in [4.78, 5) is 4.63. The average Bonchev–Trinajstić information content (AvgIpc) is 2.44. The third-order valence-corrected chi connectivity index (χ3v) is 3.35. The lowest BCUT2D eigenvalue weighted by Gasteiger charge is -2.17. The van der Waals surface area contributed by atoms with Gasteiger partial charge in [-0.05, 0) is 30.4 Å². The van der Waals surface area contributed by atoms with E-state index in [0.29, 0.717) is 18.0 Å². The molecule has 0 aliphatic carbocycles. The number of aliphatic imine (C=N–C) groups is 1. The molecule has 21 heavy (non-hydrogen) atoms. The minimum atomic E-state index is 0.326. The van der Waals surface area contributed by atoms with Crippen molar-refractivity contribution in [2.24, 2.45) is 10.9 Å².